The highest BCUT2D eigenvalue weighted by molar-refractivity contribution is 7.99. The molecule has 0 bridgehead atoms. The van der Waals surface area contributed by atoms with Crippen LogP contribution in [-0.2, 0) is 4.79 Å². The number of ether oxygens (including phenoxy) is 1. The van der Waals surface area contributed by atoms with Crippen molar-refractivity contribution in [2.75, 3.05) is 17.7 Å². The first kappa shape index (κ1) is 18.8. The van der Waals surface area contributed by atoms with Gasteiger partial charge in [0.25, 0.3) is 0 Å². The average Bonchev–Trinajstić information content (AvgIpc) is 3.32. The average molecular weight is 437 g/mol. The minimum Gasteiger partial charge on any atom is -0.494 e. The number of hydrogen-bond acceptors (Lipinski definition) is 8. The third-order valence-electron chi connectivity index (χ3n) is 4.35. The summed E-state index contributed by atoms with van der Waals surface area (Å²) >= 11 is 2.65. The normalized spacial score (nSPS) is 11.4. The van der Waals surface area contributed by atoms with E-state index in [1.807, 2.05) is 49.4 Å². The van der Waals surface area contributed by atoms with Crippen LogP contribution in [-0.4, -0.2) is 43.4 Å². The summed E-state index contributed by atoms with van der Waals surface area (Å²) in [4.78, 5) is 24.5. The molecule has 0 fully saturated rings. The number of anilines is 1. The largest absolute Gasteiger partial charge is 0.494 e. The first-order valence-corrected chi connectivity index (χ1v) is 11.1. The minimum atomic E-state index is -0.176. The van der Waals surface area contributed by atoms with Crippen molar-refractivity contribution in [1.29, 1.82) is 0 Å². The van der Waals surface area contributed by atoms with Gasteiger partial charge in [0.2, 0.25) is 11.1 Å². The SMILES string of the molecule is CCOc1ccc2sc(NC(=O)CSc3nnc4c(n3)[nH]c3ccccc34)nc2c1. The lowest BCUT2D eigenvalue weighted by Crippen LogP contribution is -2.14. The number of benzene rings is 2. The zero-order valence-corrected chi connectivity index (χ0v) is 17.5. The number of aromatic nitrogens is 5. The molecule has 1 amide bonds. The predicted molar refractivity (Wildman–Crippen MR) is 119 cm³/mol. The summed E-state index contributed by atoms with van der Waals surface area (Å²) in [5.41, 5.74) is 3.13. The number of carbonyl (C=O) groups is 1. The molecule has 0 spiro atoms. The van der Waals surface area contributed by atoms with Crippen LogP contribution in [0.2, 0.25) is 0 Å². The van der Waals surface area contributed by atoms with Crippen molar-refractivity contribution in [3.8, 4) is 5.75 Å². The van der Waals surface area contributed by atoms with Crippen LogP contribution in [0.5, 0.6) is 5.75 Å². The van der Waals surface area contributed by atoms with E-state index in [1.54, 1.807) is 0 Å². The number of para-hydroxylation sites is 1. The quantitative estimate of drug-likeness (QED) is 0.383. The fourth-order valence-corrected chi connectivity index (χ4v) is 4.52. The molecule has 0 saturated carbocycles. The number of nitrogens with one attached hydrogen (secondary N) is 2. The third kappa shape index (κ3) is 3.66. The summed E-state index contributed by atoms with van der Waals surface area (Å²) < 4.78 is 6.48. The third-order valence-corrected chi connectivity index (χ3v) is 6.14. The van der Waals surface area contributed by atoms with Gasteiger partial charge in [-0.3, -0.25) is 4.79 Å². The molecule has 30 heavy (non-hydrogen) atoms. The Balaban J connectivity index is 1.26. The van der Waals surface area contributed by atoms with Crippen LogP contribution in [0.4, 0.5) is 5.13 Å². The Labute approximate surface area is 179 Å². The van der Waals surface area contributed by atoms with Crippen LogP contribution < -0.4 is 10.1 Å². The first-order chi connectivity index (χ1) is 14.7. The lowest BCUT2D eigenvalue weighted by Gasteiger charge is -2.01. The Morgan fingerprint density at radius 2 is 2.10 bits per heavy atom. The number of thiazole rings is 1. The summed E-state index contributed by atoms with van der Waals surface area (Å²) in [6.45, 7) is 2.53. The molecule has 3 heterocycles. The standard InChI is InChI=1S/C20H16N6O2S2/c1-2-28-11-7-8-15-14(9-11)22-19(30-15)23-16(27)10-29-20-24-18-17(25-26-20)12-5-3-4-6-13(12)21-18/h3-9H,2,10H2,1H3,(H,21,24,26)(H,22,23,27). The second kappa shape index (κ2) is 7.88. The summed E-state index contributed by atoms with van der Waals surface area (Å²) in [5, 5.41) is 13.2. The Morgan fingerprint density at radius 3 is 3.00 bits per heavy atom. The molecule has 5 aromatic rings. The molecule has 150 valence electrons. The molecule has 0 radical (unpaired) electrons. The lowest BCUT2D eigenvalue weighted by molar-refractivity contribution is -0.113. The van der Waals surface area contributed by atoms with Crippen molar-refractivity contribution in [3.05, 3.63) is 42.5 Å². The van der Waals surface area contributed by atoms with Gasteiger partial charge in [-0.2, -0.15) is 0 Å². The highest BCUT2D eigenvalue weighted by Gasteiger charge is 2.12. The van der Waals surface area contributed by atoms with E-state index in [4.69, 9.17) is 4.74 Å². The summed E-state index contributed by atoms with van der Waals surface area (Å²) in [6.07, 6.45) is 0. The van der Waals surface area contributed by atoms with Crippen molar-refractivity contribution in [2.24, 2.45) is 0 Å². The van der Waals surface area contributed by atoms with Crippen molar-refractivity contribution in [1.82, 2.24) is 25.1 Å². The number of nitrogens with zero attached hydrogens (tertiary/aromatic N) is 4. The molecule has 0 aliphatic rings. The maximum atomic E-state index is 12.4. The summed E-state index contributed by atoms with van der Waals surface area (Å²) in [5.74, 6) is 0.748. The van der Waals surface area contributed by atoms with Gasteiger partial charge >= 0.3 is 0 Å². The topological polar surface area (TPSA) is 106 Å². The fraction of sp³-hybridized carbons (Fsp3) is 0.150. The molecule has 3 aromatic heterocycles. The number of fused-ring (bicyclic) bond motifs is 4. The number of amides is 1. The maximum Gasteiger partial charge on any atom is 0.236 e. The van der Waals surface area contributed by atoms with Gasteiger partial charge in [-0.15, -0.1) is 10.2 Å². The van der Waals surface area contributed by atoms with E-state index < -0.39 is 0 Å². The van der Waals surface area contributed by atoms with E-state index in [0.717, 1.165) is 32.4 Å². The van der Waals surface area contributed by atoms with Gasteiger partial charge in [-0.05, 0) is 25.1 Å². The van der Waals surface area contributed by atoms with Crippen molar-refractivity contribution in [2.45, 2.75) is 12.1 Å². The van der Waals surface area contributed by atoms with E-state index in [-0.39, 0.29) is 11.7 Å². The molecule has 2 N–H and O–H groups in total. The van der Waals surface area contributed by atoms with Gasteiger partial charge in [0, 0.05) is 17.0 Å². The number of rotatable bonds is 6. The molecule has 0 aliphatic carbocycles. The van der Waals surface area contributed by atoms with Crippen LogP contribution in [0.1, 0.15) is 6.92 Å². The maximum absolute atomic E-state index is 12.4. The van der Waals surface area contributed by atoms with Gasteiger partial charge in [0.05, 0.1) is 22.6 Å². The molecule has 2 aromatic carbocycles. The molecule has 5 rings (SSSR count). The molecular formula is C20H16N6O2S2. The Hall–Kier alpha value is -3.24. The number of hydrogen-bond donors (Lipinski definition) is 2. The molecule has 0 atom stereocenters. The molecule has 0 unspecified atom stereocenters. The lowest BCUT2D eigenvalue weighted by atomic mass is 10.2. The van der Waals surface area contributed by atoms with Crippen molar-refractivity contribution < 1.29 is 9.53 Å². The van der Waals surface area contributed by atoms with E-state index in [0.29, 0.717) is 22.5 Å². The fourth-order valence-electron chi connectivity index (χ4n) is 3.07. The number of thioether (sulfide) groups is 1. The van der Waals surface area contributed by atoms with Gasteiger partial charge < -0.3 is 15.0 Å². The van der Waals surface area contributed by atoms with Crippen LogP contribution >= 0.6 is 23.1 Å². The van der Waals surface area contributed by atoms with Gasteiger partial charge in [0.15, 0.2) is 10.8 Å². The number of aromatic amines is 1. The van der Waals surface area contributed by atoms with Crippen molar-refractivity contribution in [3.63, 3.8) is 0 Å². The zero-order chi connectivity index (χ0) is 20.5. The molecule has 10 heteroatoms. The van der Waals surface area contributed by atoms with Gasteiger partial charge in [0.1, 0.15) is 11.3 Å². The Bertz CT molecular complexity index is 1380. The zero-order valence-electron chi connectivity index (χ0n) is 15.9. The van der Waals surface area contributed by atoms with Crippen LogP contribution in [0.25, 0.3) is 32.3 Å². The number of H-pyrrole nitrogens is 1. The van der Waals surface area contributed by atoms with E-state index in [9.17, 15) is 4.79 Å². The second-order valence-corrected chi connectivity index (χ2v) is 8.35. The smallest absolute Gasteiger partial charge is 0.236 e. The Morgan fingerprint density at radius 1 is 1.20 bits per heavy atom. The first-order valence-electron chi connectivity index (χ1n) is 9.27. The minimum absolute atomic E-state index is 0.160. The molecule has 0 saturated heterocycles. The summed E-state index contributed by atoms with van der Waals surface area (Å²) in [7, 11) is 0. The molecular weight excluding hydrogens is 420 g/mol. The monoisotopic (exact) mass is 436 g/mol. The van der Waals surface area contributed by atoms with Crippen LogP contribution in [0.15, 0.2) is 47.6 Å². The van der Waals surface area contributed by atoms with Crippen molar-refractivity contribution >= 4 is 66.4 Å². The second-order valence-electron chi connectivity index (χ2n) is 6.38. The Kier molecular flexibility index (Phi) is 4.93. The van der Waals surface area contributed by atoms with E-state index >= 15 is 0 Å². The molecule has 8 nitrogen and oxygen atoms in total. The van der Waals surface area contributed by atoms with E-state index in [2.05, 4.69) is 30.5 Å². The number of carbonyl (C=O) groups excluding carboxylic acids is 1. The van der Waals surface area contributed by atoms with Gasteiger partial charge in [-0.25, -0.2) is 9.97 Å². The molecule has 0 aliphatic heterocycles. The van der Waals surface area contributed by atoms with Gasteiger partial charge in [-0.1, -0.05) is 41.3 Å². The predicted octanol–water partition coefficient (Wildman–Crippen LogP) is 4.25. The highest BCUT2D eigenvalue weighted by Crippen LogP contribution is 2.29. The van der Waals surface area contributed by atoms with E-state index in [1.165, 1.54) is 23.1 Å². The van der Waals surface area contributed by atoms with Crippen LogP contribution in [0, 0.1) is 0 Å². The summed E-state index contributed by atoms with van der Waals surface area (Å²) in [6, 6.07) is 13.5. The van der Waals surface area contributed by atoms with Crippen LogP contribution in [0.3, 0.4) is 0 Å². The highest BCUT2D eigenvalue weighted by atomic mass is 32.2.